The van der Waals surface area contributed by atoms with Crippen molar-refractivity contribution < 1.29 is 18.7 Å². The van der Waals surface area contributed by atoms with Crippen molar-refractivity contribution in [3.8, 4) is 11.5 Å². The fourth-order valence-electron chi connectivity index (χ4n) is 1.93. The van der Waals surface area contributed by atoms with E-state index in [2.05, 4.69) is 0 Å². The molecule has 2 aromatic carbocycles. The number of ether oxygens (including phenoxy) is 2. The van der Waals surface area contributed by atoms with Crippen molar-refractivity contribution in [2.45, 2.75) is 13.5 Å². The molecule has 0 saturated carbocycles. The van der Waals surface area contributed by atoms with Gasteiger partial charge in [0.2, 0.25) is 0 Å². The van der Waals surface area contributed by atoms with Gasteiger partial charge in [-0.2, -0.15) is 0 Å². The van der Waals surface area contributed by atoms with E-state index in [0.29, 0.717) is 28.4 Å². The molecule has 0 aliphatic heterocycles. The number of aryl methyl sites for hydroxylation is 1. The minimum atomic E-state index is -0.335. The molecule has 0 amide bonds. The van der Waals surface area contributed by atoms with Gasteiger partial charge in [-0.15, -0.1) is 0 Å². The lowest BCUT2D eigenvalue weighted by molar-refractivity contribution is 0.111. The van der Waals surface area contributed by atoms with Crippen LogP contribution in [0.15, 0.2) is 30.3 Å². The van der Waals surface area contributed by atoms with Gasteiger partial charge in [0.05, 0.1) is 12.7 Å². The molecule has 110 valence electrons. The van der Waals surface area contributed by atoms with Gasteiger partial charge in [-0.05, 0) is 36.2 Å². The highest BCUT2D eigenvalue weighted by molar-refractivity contribution is 6.31. The first-order valence-corrected chi connectivity index (χ1v) is 6.63. The third-order valence-corrected chi connectivity index (χ3v) is 3.30. The van der Waals surface area contributed by atoms with Gasteiger partial charge in [0.1, 0.15) is 12.4 Å². The van der Waals surface area contributed by atoms with E-state index in [0.717, 1.165) is 5.56 Å². The molecule has 0 atom stereocenters. The standard InChI is InChI=1S/C16H14ClFO3/c1-10-3-4-14(18)6-12(10)9-21-16-11(8-19)5-13(17)7-15(16)20-2/h3-8H,9H2,1-2H3. The zero-order valence-electron chi connectivity index (χ0n) is 11.7. The highest BCUT2D eigenvalue weighted by Gasteiger charge is 2.13. The molecular formula is C16H14ClFO3. The molecule has 0 aliphatic carbocycles. The Morgan fingerprint density at radius 1 is 1.29 bits per heavy atom. The minimum absolute atomic E-state index is 0.127. The van der Waals surface area contributed by atoms with E-state index in [-0.39, 0.29) is 18.0 Å². The smallest absolute Gasteiger partial charge is 0.172 e. The first-order valence-electron chi connectivity index (χ1n) is 6.25. The lowest BCUT2D eigenvalue weighted by Gasteiger charge is -2.14. The Balaban J connectivity index is 2.31. The monoisotopic (exact) mass is 308 g/mol. The molecule has 5 heteroatoms. The predicted octanol–water partition coefficient (Wildman–Crippen LogP) is 4.19. The fourth-order valence-corrected chi connectivity index (χ4v) is 2.14. The molecule has 0 saturated heterocycles. The van der Waals surface area contributed by atoms with Gasteiger partial charge in [-0.1, -0.05) is 17.7 Å². The first kappa shape index (κ1) is 15.3. The van der Waals surface area contributed by atoms with E-state index in [9.17, 15) is 9.18 Å². The highest BCUT2D eigenvalue weighted by atomic mass is 35.5. The molecule has 0 radical (unpaired) electrons. The van der Waals surface area contributed by atoms with Crippen LogP contribution in [-0.2, 0) is 6.61 Å². The van der Waals surface area contributed by atoms with Crippen molar-refractivity contribution in [2.75, 3.05) is 7.11 Å². The van der Waals surface area contributed by atoms with E-state index in [1.807, 2.05) is 6.92 Å². The summed E-state index contributed by atoms with van der Waals surface area (Å²) in [5.74, 6) is 0.317. The average Bonchev–Trinajstić information content (AvgIpc) is 2.48. The fraction of sp³-hybridized carbons (Fsp3) is 0.188. The molecule has 0 heterocycles. The van der Waals surface area contributed by atoms with Crippen molar-refractivity contribution >= 4 is 17.9 Å². The molecule has 0 spiro atoms. The lowest BCUT2D eigenvalue weighted by Crippen LogP contribution is -2.03. The second-order valence-corrected chi connectivity index (χ2v) is 4.94. The second-order valence-electron chi connectivity index (χ2n) is 4.50. The lowest BCUT2D eigenvalue weighted by atomic mass is 10.1. The zero-order chi connectivity index (χ0) is 15.4. The van der Waals surface area contributed by atoms with E-state index >= 15 is 0 Å². The van der Waals surface area contributed by atoms with Gasteiger partial charge in [-0.25, -0.2) is 4.39 Å². The summed E-state index contributed by atoms with van der Waals surface area (Å²) in [4.78, 5) is 11.1. The molecule has 2 rings (SSSR count). The summed E-state index contributed by atoms with van der Waals surface area (Å²) in [5.41, 5.74) is 1.88. The van der Waals surface area contributed by atoms with Crippen molar-refractivity contribution in [2.24, 2.45) is 0 Å². The SMILES string of the molecule is COc1cc(Cl)cc(C=O)c1OCc1cc(F)ccc1C. The van der Waals surface area contributed by atoms with Gasteiger partial charge >= 0.3 is 0 Å². The Labute approximate surface area is 127 Å². The summed E-state index contributed by atoms with van der Waals surface area (Å²) >= 11 is 5.90. The maximum atomic E-state index is 13.3. The zero-order valence-corrected chi connectivity index (χ0v) is 12.4. The molecule has 0 N–H and O–H groups in total. The molecule has 0 aromatic heterocycles. The maximum absolute atomic E-state index is 13.3. The van der Waals surface area contributed by atoms with Gasteiger partial charge in [0.15, 0.2) is 17.8 Å². The van der Waals surface area contributed by atoms with Crippen LogP contribution < -0.4 is 9.47 Å². The molecule has 0 bridgehead atoms. The van der Waals surface area contributed by atoms with Gasteiger partial charge in [-0.3, -0.25) is 4.79 Å². The van der Waals surface area contributed by atoms with Crippen LogP contribution in [0.4, 0.5) is 4.39 Å². The number of halogens is 2. The highest BCUT2D eigenvalue weighted by Crippen LogP contribution is 2.34. The predicted molar refractivity (Wildman–Crippen MR) is 78.9 cm³/mol. The van der Waals surface area contributed by atoms with Crippen LogP contribution in [0.2, 0.25) is 5.02 Å². The third kappa shape index (κ3) is 3.52. The number of carbonyl (C=O) groups excluding carboxylic acids is 1. The number of hydrogen-bond acceptors (Lipinski definition) is 3. The van der Waals surface area contributed by atoms with Crippen molar-refractivity contribution in [1.82, 2.24) is 0 Å². The van der Waals surface area contributed by atoms with E-state index in [1.54, 1.807) is 12.1 Å². The molecule has 3 nitrogen and oxygen atoms in total. The summed E-state index contributed by atoms with van der Waals surface area (Å²) in [6.45, 7) is 1.99. The molecule has 0 aliphatic rings. The summed E-state index contributed by atoms with van der Waals surface area (Å²) in [6, 6.07) is 7.51. The van der Waals surface area contributed by atoms with Crippen LogP contribution in [0, 0.1) is 12.7 Å². The Morgan fingerprint density at radius 3 is 2.71 bits per heavy atom. The van der Waals surface area contributed by atoms with Crippen LogP contribution in [0.1, 0.15) is 21.5 Å². The Bertz CT molecular complexity index is 671. The number of carbonyl (C=O) groups is 1. The van der Waals surface area contributed by atoms with Crippen molar-refractivity contribution in [3.05, 3.63) is 57.9 Å². The van der Waals surface area contributed by atoms with Crippen LogP contribution >= 0.6 is 11.6 Å². The number of methoxy groups -OCH3 is 1. The number of benzene rings is 2. The van der Waals surface area contributed by atoms with E-state index < -0.39 is 0 Å². The Kier molecular flexibility index (Phi) is 4.81. The average molecular weight is 309 g/mol. The van der Waals surface area contributed by atoms with Gasteiger partial charge < -0.3 is 9.47 Å². The molecule has 0 fully saturated rings. The Hall–Kier alpha value is -2.07. The van der Waals surface area contributed by atoms with Crippen molar-refractivity contribution in [3.63, 3.8) is 0 Å². The van der Waals surface area contributed by atoms with Gasteiger partial charge in [0, 0.05) is 11.1 Å². The van der Waals surface area contributed by atoms with Gasteiger partial charge in [0.25, 0.3) is 0 Å². The molecule has 2 aromatic rings. The third-order valence-electron chi connectivity index (χ3n) is 3.08. The molecule has 0 unspecified atom stereocenters. The number of rotatable bonds is 5. The molecular weight excluding hydrogens is 295 g/mol. The van der Waals surface area contributed by atoms with Crippen LogP contribution in [-0.4, -0.2) is 13.4 Å². The second kappa shape index (κ2) is 6.59. The Morgan fingerprint density at radius 2 is 2.05 bits per heavy atom. The van der Waals surface area contributed by atoms with Crippen molar-refractivity contribution in [1.29, 1.82) is 0 Å². The van der Waals surface area contributed by atoms with Crippen LogP contribution in [0.3, 0.4) is 0 Å². The summed E-state index contributed by atoms with van der Waals surface area (Å²) in [7, 11) is 1.46. The van der Waals surface area contributed by atoms with E-state index in [4.69, 9.17) is 21.1 Å². The number of aldehydes is 1. The normalized spacial score (nSPS) is 10.3. The topological polar surface area (TPSA) is 35.5 Å². The summed E-state index contributed by atoms with van der Waals surface area (Å²) in [6.07, 6.45) is 0.641. The maximum Gasteiger partial charge on any atom is 0.172 e. The summed E-state index contributed by atoms with van der Waals surface area (Å²) in [5, 5.41) is 0.378. The number of hydrogen-bond donors (Lipinski definition) is 0. The van der Waals surface area contributed by atoms with Crippen LogP contribution in [0.25, 0.3) is 0 Å². The largest absolute Gasteiger partial charge is 0.493 e. The van der Waals surface area contributed by atoms with E-state index in [1.165, 1.54) is 25.3 Å². The van der Waals surface area contributed by atoms with Crippen LogP contribution in [0.5, 0.6) is 11.5 Å². The molecule has 21 heavy (non-hydrogen) atoms. The summed E-state index contributed by atoms with van der Waals surface area (Å²) < 4.78 is 24.1. The quantitative estimate of drug-likeness (QED) is 0.777. The first-order chi connectivity index (χ1) is 10.0. The minimum Gasteiger partial charge on any atom is -0.493 e.